The van der Waals surface area contributed by atoms with Crippen LogP contribution >= 0.6 is 0 Å². The molecule has 0 saturated heterocycles. The van der Waals surface area contributed by atoms with Gasteiger partial charge in [-0.1, -0.05) is 13.3 Å². The second kappa shape index (κ2) is 7.44. The molecule has 28 heavy (non-hydrogen) atoms. The molecule has 1 spiro atoms. The van der Waals surface area contributed by atoms with Gasteiger partial charge in [-0.2, -0.15) is 0 Å². The Morgan fingerprint density at radius 3 is 2.39 bits per heavy atom. The first-order valence-corrected chi connectivity index (χ1v) is 9.86. The van der Waals surface area contributed by atoms with Gasteiger partial charge in [-0.25, -0.2) is 4.79 Å². The number of amidine groups is 1. The highest BCUT2D eigenvalue weighted by Gasteiger charge is 2.49. The summed E-state index contributed by atoms with van der Waals surface area (Å²) in [6, 6.07) is -0.332. The van der Waals surface area contributed by atoms with Crippen molar-refractivity contribution in [3.05, 3.63) is 26.4 Å². The van der Waals surface area contributed by atoms with Gasteiger partial charge in [-0.15, -0.1) is 0 Å². The van der Waals surface area contributed by atoms with Crippen LogP contribution in [0.4, 0.5) is 0 Å². The molecule has 2 fully saturated rings. The van der Waals surface area contributed by atoms with Crippen LogP contribution < -0.4 is 17.0 Å². The Balaban J connectivity index is 1.91. The van der Waals surface area contributed by atoms with E-state index in [0.717, 1.165) is 28.4 Å². The summed E-state index contributed by atoms with van der Waals surface area (Å²) in [6.45, 7) is 2.20. The van der Waals surface area contributed by atoms with Crippen molar-refractivity contribution in [3.8, 4) is 5.88 Å². The number of aliphatic carboxylic acids is 1. The van der Waals surface area contributed by atoms with E-state index in [4.69, 9.17) is 16.2 Å². The van der Waals surface area contributed by atoms with Gasteiger partial charge in [-0.05, 0) is 50.4 Å². The number of rotatable bonds is 6. The molecule has 0 aromatic carbocycles. The van der Waals surface area contributed by atoms with E-state index in [1.54, 1.807) is 0 Å². The molecule has 2 saturated carbocycles. The molecular formula is C19H28N4O5. The highest BCUT2D eigenvalue weighted by atomic mass is 16.4. The molecule has 2 aliphatic carbocycles. The molecule has 0 amide bonds. The molecule has 0 bridgehead atoms. The predicted molar refractivity (Wildman–Crippen MR) is 103 cm³/mol. The second-order valence-corrected chi connectivity index (χ2v) is 8.25. The van der Waals surface area contributed by atoms with Crippen LogP contribution in [-0.2, 0) is 11.3 Å². The van der Waals surface area contributed by atoms with Crippen LogP contribution in [0.25, 0.3) is 0 Å². The molecular weight excluding hydrogens is 364 g/mol. The van der Waals surface area contributed by atoms with Crippen molar-refractivity contribution in [2.75, 3.05) is 0 Å². The molecule has 5 N–H and O–H groups in total. The first-order valence-electron chi connectivity index (χ1n) is 9.86. The molecule has 0 radical (unpaired) electrons. The predicted octanol–water partition coefficient (Wildman–Crippen LogP) is 1.40. The first kappa shape index (κ1) is 20.2. The number of nitrogens with zero attached hydrogens (tertiary/aromatic N) is 2. The number of carboxylic acids is 1. The molecule has 154 valence electrons. The average molecular weight is 392 g/mol. The second-order valence-electron chi connectivity index (χ2n) is 8.25. The lowest BCUT2D eigenvalue weighted by Gasteiger charge is -2.50. The fourth-order valence-corrected chi connectivity index (χ4v) is 4.78. The molecule has 0 atom stereocenters. The maximum Gasteiger partial charge on any atom is 0.334 e. The third-order valence-corrected chi connectivity index (χ3v) is 6.44. The van der Waals surface area contributed by atoms with Crippen molar-refractivity contribution >= 4 is 11.8 Å². The number of nitrogens with one attached hydrogen (secondary N) is 1. The maximum absolute atomic E-state index is 13.0. The summed E-state index contributed by atoms with van der Waals surface area (Å²) in [5.41, 5.74) is 3.90. The maximum atomic E-state index is 13.0. The highest BCUT2D eigenvalue weighted by Crippen LogP contribution is 2.56. The van der Waals surface area contributed by atoms with E-state index in [-0.39, 0.29) is 29.5 Å². The lowest BCUT2D eigenvalue weighted by molar-refractivity contribution is -0.152. The van der Waals surface area contributed by atoms with Gasteiger partial charge in [0.15, 0.2) is 0 Å². The fraction of sp³-hybridized carbons (Fsp3) is 0.684. The molecule has 1 heterocycles. The van der Waals surface area contributed by atoms with E-state index in [9.17, 15) is 19.5 Å². The topological polar surface area (TPSA) is 151 Å². The fourth-order valence-electron chi connectivity index (χ4n) is 4.78. The molecule has 3 rings (SSSR count). The third-order valence-electron chi connectivity index (χ3n) is 6.44. The van der Waals surface area contributed by atoms with Gasteiger partial charge < -0.3 is 15.9 Å². The molecule has 9 nitrogen and oxygen atoms in total. The number of carboxylic acid groups (broad SMARTS) is 1. The lowest BCUT2D eigenvalue weighted by Crippen LogP contribution is -2.49. The van der Waals surface area contributed by atoms with Crippen LogP contribution in [0.15, 0.2) is 9.59 Å². The molecule has 9 heteroatoms. The molecule has 2 aliphatic rings. The van der Waals surface area contributed by atoms with Crippen LogP contribution in [0, 0.1) is 16.7 Å². The summed E-state index contributed by atoms with van der Waals surface area (Å²) in [7, 11) is 0. The quantitative estimate of drug-likeness (QED) is 0.424. The monoisotopic (exact) mass is 392 g/mol. The Kier molecular flexibility index (Phi) is 5.36. The van der Waals surface area contributed by atoms with Crippen molar-refractivity contribution in [1.82, 2.24) is 9.13 Å². The zero-order valence-corrected chi connectivity index (χ0v) is 16.1. The number of hydrogen-bond donors (Lipinski definition) is 4. The molecule has 0 unspecified atom stereocenters. The number of aromatic nitrogens is 2. The zero-order valence-electron chi connectivity index (χ0n) is 16.1. The van der Waals surface area contributed by atoms with Crippen LogP contribution in [0.5, 0.6) is 5.88 Å². The Morgan fingerprint density at radius 1 is 1.29 bits per heavy atom. The van der Waals surface area contributed by atoms with E-state index < -0.39 is 28.9 Å². The Morgan fingerprint density at radius 2 is 1.89 bits per heavy atom. The Bertz CT molecular complexity index is 900. The Hall–Kier alpha value is -2.58. The minimum atomic E-state index is -0.757. The van der Waals surface area contributed by atoms with Crippen molar-refractivity contribution in [2.24, 2.45) is 17.1 Å². The van der Waals surface area contributed by atoms with Crippen molar-refractivity contribution in [1.29, 1.82) is 5.41 Å². The van der Waals surface area contributed by atoms with E-state index in [2.05, 4.69) is 0 Å². The molecule has 0 aliphatic heterocycles. The number of nitrogen functional groups attached to an aromatic ring is 1. The van der Waals surface area contributed by atoms with E-state index >= 15 is 0 Å². The summed E-state index contributed by atoms with van der Waals surface area (Å²) >= 11 is 0. The third kappa shape index (κ3) is 3.33. The van der Waals surface area contributed by atoms with Crippen molar-refractivity contribution < 1.29 is 15.0 Å². The van der Waals surface area contributed by atoms with Crippen LogP contribution in [0.2, 0.25) is 0 Å². The minimum absolute atomic E-state index is 0.00468. The van der Waals surface area contributed by atoms with Crippen molar-refractivity contribution in [2.45, 2.75) is 70.9 Å². The van der Waals surface area contributed by atoms with E-state index in [0.29, 0.717) is 32.1 Å². The van der Waals surface area contributed by atoms with Gasteiger partial charge >= 0.3 is 11.7 Å². The van der Waals surface area contributed by atoms with Crippen molar-refractivity contribution in [3.63, 3.8) is 0 Å². The molecule has 1 aromatic rings. The van der Waals surface area contributed by atoms with Gasteiger partial charge in [-0.3, -0.25) is 24.1 Å². The SMILES string of the molecule is CCCCn1c(O)c(C(=N)N)c(=O)n(C2CCC3(CC2)CC(C(=O)O)C3)c1=O. The van der Waals surface area contributed by atoms with Crippen LogP contribution in [0.1, 0.15) is 69.9 Å². The number of nitrogens with two attached hydrogens (primary N) is 1. The van der Waals surface area contributed by atoms with Gasteiger partial charge in [0.05, 0.1) is 5.92 Å². The van der Waals surface area contributed by atoms with Gasteiger partial charge in [0.1, 0.15) is 11.4 Å². The summed E-state index contributed by atoms with van der Waals surface area (Å²) in [6.07, 6.45) is 5.47. The number of aromatic hydroxyl groups is 1. The van der Waals surface area contributed by atoms with Gasteiger partial charge in [0, 0.05) is 12.6 Å². The van der Waals surface area contributed by atoms with Gasteiger partial charge in [0.25, 0.3) is 5.56 Å². The Labute approximate surface area is 162 Å². The van der Waals surface area contributed by atoms with E-state index in [1.807, 2.05) is 6.92 Å². The number of hydrogen-bond acceptors (Lipinski definition) is 5. The normalized spacial score (nSPS) is 26.8. The highest BCUT2D eigenvalue weighted by molar-refractivity contribution is 5.96. The zero-order chi connectivity index (χ0) is 20.6. The summed E-state index contributed by atoms with van der Waals surface area (Å²) in [5.74, 6) is -2.14. The van der Waals surface area contributed by atoms with Gasteiger partial charge in [0.2, 0.25) is 5.88 Å². The van der Waals surface area contributed by atoms with E-state index in [1.165, 1.54) is 0 Å². The standard InChI is InChI=1S/C19H28N4O5/c1-2-3-8-22-15(24)13(14(20)21)16(25)23(18(22)28)12-4-6-19(7-5-12)9-11(10-19)17(26)27/h11-12,24H,2-10H2,1H3,(H3,20,21)(H,26,27). The van der Waals surface area contributed by atoms with Crippen LogP contribution in [0.3, 0.4) is 0 Å². The number of carbonyl (C=O) groups is 1. The minimum Gasteiger partial charge on any atom is -0.494 e. The number of unbranched alkanes of at least 4 members (excludes halogenated alkanes) is 1. The first-order chi connectivity index (χ1) is 13.2. The summed E-state index contributed by atoms with van der Waals surface area (Å²) < 4.78 is 2.28. The smallest absolute Gasteiger partial charge is 0.334 e. The lowest BCUT2D eigenvalue weighted by atomic mass is 9.55. The summed E-state index contributed by atoms with van der Waals surface area (Å²) in [4.78, 5) is 36.9. The van der Waals surface area contributed by atoms with Crippen LogP contribution in [-0.4, -0.2) is 31.2 Å². The summed E-state index contributed by atoms with van der Waals surface area (Å²) in [5, 5.41) is 27.1. The largest absolute Gasteiger partial charge is 0.494 e. The molecule has 1 aromatic heterocycles. The average Bonchev–Trinajstić information content (AvgIpc) is 2.59.